The maximum absolute atomic E-state index is 12.2. The van der Waals surface area contributed by atoms with Crippen molar-refractivity contribution >= 4 is 29.1 Å². The molecule has 122 valence electrons. The number of carbonyl (C=O) groups excluding carboxylic acids is 1. The van der Waals surface area contributed by atoms with E-state index in [2.05, 4.69) is 43.4 Å². The Hall–Kier alpha value is -1.51. The fraction of sp³-hybridized carbons (Fsp3) is 0.316. The van der Waals surface area contributed by atoms with Crippen LogP contribution in [0.3, 0.4) is 0 Å². The number of amides is 1. The van der Waals surface area contributed by atoms with Crippen LogP contribution >= 0.6 is 23.2 Å². The van der Waals surface area contributed by atoms with Crippen molar-refractivity contribution in [2.75, 3.05) is 0 Å². The van der Waals surface area contributed by atoms with Gasteiger partial charge in [-0.15, -0.1) is 0 Å². The van der Waals surface area contributed by atoms with Crippen molar-refractivity contribution in [3.63, 3.8) is 0 Å². The van der Waals surface area contributed by atoms with Crippen molar-refractivity contribution in [3.8, 4) is 0 Å². The highest BCUT2D eigenvalue weighted by Gasteiger charge is 2.12. The molecule has 23 heavy (non-hydrogen) atoms. The molecular weight excluding hydrogens is 329 g/mol. The van der Waals surface area contributed by atoms with Crippen LogP contribution in [0.1, 0.15) is 42.5 Å². The second kappa shape index (κ2) is 8.37. The molecule has 1 amide bonds. The number of benzene rings is 2. The largest absolute Gasteiger partial charge is 0.349 e. The van der Waals surface area contributed by atoms with Crippen LogP contribution in [0.5, 0.6) is 0 Å². The molecule has 1 N–H and O–H groups in total. The standard InChI is InChI=1S/C19H21Cl2NO/c1-3-18(15-8-4-13(2)5-9-15)22-19(23)11-7-14-6-10-16(20)17(21)12-14/h4-6,8-10,12,18H,3,7,11H2,1-2H3,(H,22,23). The molecule has 1 atom stereocenters. The van der Waals surface area contributed by atoms with Gasteiger partial charge in [-0.1, -0.05) is 66.0 Å². The van der Waals surface area contributed by atoms with Gasteiger partial charge in [0.15, 0.2) is 0 Å². The maximum Gasteiger partial charge on any atom is 0.220 e. The SMILES string of the molecule is CCC(NC(=O)CCc1ccc(Cl)c(Cl)c1)c1ccc(C)cc1. The summed E-state index contributed by atoms with van der Waals surface area (Å²) < 4.78 is 0. The summed E-state index contributed by atoms with van der Waals surface area (Å²) in [7, 11) is 0. The molecule has 0 bridgehead atoms. The third-order valence-electron chi connectivity index (χ3n) is 3.85. The van der Waals surface area contributed by atoms with Crippen LogP contribution in [0.15, 0.2) is 42.5 Å². The monoisotopic (exact) mass is 349 g/mol. The quantitative estimate of drug-likeness (QED) is 0.732. The topological polar surface area (TPSA) is 29.1 Å². The van der Waals surface area contributed by atoms with E-state index in [1.165, 1.54) is 5.56 Å². The van der Waals surface area contributed by atoms with Crippen molar-refractivity contribution in [2.24, 2.45) is 0 Å². The van der Waals surface area contributed by atoms with Gasteiger partial charge in [-0.05, 0) is 43.0 Å². The van der Waals surface area contributed by atoms with Gasteiger partial charge in [-0.2, -0.15) is 0 Å². The van der Waals surface area contributed by atoms with Crippen LogP contribution in [0.25, 0.3) is 0 Å². The zero-order valence-electron chi connectivity index (χ0n) is 13.4. The Labute approximate surface area is 147 Å². The molecule has 2 nitrogen and oxygen atoms in total. The van der Waals surface area contributed by atoms with Gasteiger partial charge in [0.2, 0.25) is 5.91 Å². The summed E-state index contributed by atoms with van der Waals surface area (Å²) in [6.45, 7) is 4.13. The van der Waals surface area contributed by atoms with Crippen molar-refractivity contribution in [1.29, 1.82) is 0 Å². The molecule has 0 aliphatic rings. The number of carbonyl (C=O) groups is 1. The van der Waals surface area contributed by atoms with Crippen LogP contribution in [-0.4, -0.2) is 5.91 Å². The van der Waals surface area contributed by atoms with Gasteiger partial charge in [-0.25, -0.2) is 0 Å². The smallest absolute Gasteiger partial charge is 0.220 e. The molecule has 2 aromatic carbocycles. The first-order valence-electron chi connectivity index (χ1n) is 7.79. The molecule has 0 heterocycles. The molecule has 0 fully saturated rings. The molecule has 0 spiro atoms. The number of hydrogen-bond donors (Lipinski definition) is 1. The van der Waals surface area contributed by atoms with Crippen molar-refractivity contribution in [1.82, 2.24) is 5.32 Å². The Morgan fingerprint density at radius 1 is 1.09 bits per heavy atom. The molecule has 2 rings (SSSR count). The predicted molar refractivity (Wildman–Crippen MR) is 97.1 cm³/mol. The lowest BCUT2D eigenvalue weighted by Crippen LogP contribution is -2.28. The minimum absolute atomic E-state index is 0.0449. The Balaban J connectivity index is 1.92. The zero-order valence-corrected chi connectivity index (χ0v) is 14.9. The highest BCUT2D eigenvalue weighted by molar-refractivity contribution is 6.42. The Morgan fingerprint density at radius 3 is 2.39 bits per heavy atom. The Bertz CT molecular complexity index is 668. The number of rotatable bonds is 6. The lowest BCUT2D eigenvalue weighted by atomic mass is 10.0. The second-order valence-electron chi connectivity index (χ2n) is 5.69. The number of nitrogens with one attached hydrogen (secondary N) is 1. The molecule has 0 saturated heterocycles. The van der Waals surface area contributed by atoms with E-state index < -0.39 is 0 Å². The summed E-state index contributed by atoms with van der Waals surface area (Å²) in [5, 5.41) is 4.16. The summed E-state index contributed by atoms with van der Waals surface area (Å²) in [6, 6.07) is 13.8. The molecule has 0 saturated carbocycles. The first kappa shape index (κ1) is 17.8. The van der Waals surface area contributed by atoms with Crippen LogP contribution in [-0.2, 0) is 11.2 Å². The van der Waals surface area contributed by atoms with E-state index >= 15 is 0 Å². The molecule has 0 aromatic heterocycles. The van der Waals surface area contributed by atoms with Crippen molar-refractivity contribution in [3.05, 3.63) is 69.2 Å². The van der Waals surface area contributed by atoms with Crippen LogP contribution in [0.4, 0.5) is 0 Å². The molecule has 0 aliphatic heterocycles. The highest BCUT2D eigenvalue weighted by Crippen LogP contribution is 2.23. The fourth-order valence-electron chi connectivity index (χ4n) is 2.44. The Kier molecular flexibility index (Phi) is 6.49. The molecule has 2 aromatic rings. The normalized spacial score (nSPS) is 12.0. The van der Waals surface area contributed by atoms with Gasteiger partial charge in [0.25, 0.3) is 0 Å². The molecule has 4 heteroatoms. The van der Waals surface area contributed by atoms with Crippen LogP contribution in [0, 0.1) is 6.92 Å². The minimum atomic E-state index is 0.0449. The van der Waals surface area contributed by atoms with E-state index in [0.717, 1.165) is 17.5 Å². The van der Waals surface area contributed by atoms with Gasteiger partial charge in [0.1, 0.15) is 0 Å². The molecule has 0 radical (unpaired) electrons. The van der Waals surface area contributed by atoms with E-state index in [1.807, 2.05) is 12.1 Å². The summed E-state index contributed by atoms with van der Waals surface area (Å²) in [5.41, 5.74) is 3.37. The second-order valence-corrected chi connectivity index (χ2v) is 6.50. The maximum atomic E-state index is 12.2. The lowest BCUT2D eigenvalue weighted by Gasteiger charge is -2.18. The van der Waals surface area contributed by atoms with E-state index in [1.54, 1.807) is 6.07 Å². The van der Waals surface area contributed by atoms with E-state index in [9.17, 15) is 4.79 Å². The molecular formula is C19H21Cl2NO. The summed E-state index contributed by atoms with van der Waals surface area (Å²) in [5.74, 6) is 0.0449. The molecule has 1 unspecified atom stereocenters. The number of halogens is 2. The average molecular weight is 350 g/mol. The Morgan fingerprint density at radius 2 is 1.78 bits per heavy atom. The van der Waals surface area contributed by atoms with Gasteiger partial charge in [0, 0.05) is 6.42 Å². The van der Waals surface area contributed by atoms with Crippen LogP contribution in [0.2, 0.25) is 10.0 Å². The van der Waals surface area contributed by atoms with Gasteiger partial charge in [-0.3, -0.25) is 4.79 Å². The van der Waals surface area contributed by atoms with E-state index in [0.29, 0.717) is 22.9 Å². The van der Waals surface area contributed by atoms with Crippen molar-refractivity contribution in [2.45, 2.75) is 39.2 Å². The van der Waals surface area contributed by atoms with Gasteiger partial charge < -0.3 is 5.32 Å². The fourth-order valence-corrected chi connectivity index (χ4v) is 2.76. The zero-order chi connectivity index (χ0) is 16.8. The van der Waals surface area contributed by atoms with Gasteiger partial charge in [0.05, 0.1) is 16.1 Å². The van der Waals surface area contributed by atoms with Gasteiger partial charge >= 0.3 is 0 Å². The van der Waals surface area contributed by atoms with E-state index in [4.69, 9.17) is 23.2 Å². The highest BCUT2D eigenvalue weighted by atomic mass is 35.5. The number of aryl methyl sites for hydroxylation is 2. The first-order valence-corrected chi connectivity index (χ1v) is 8.55. The molecule has 0 aliphatic carbocycles. The predicted octanol–water partition coefficient (Wildman–Crippen LogP) is 5.50. The number of hydrogen-bond acceptors (Lipinski definition) is 1. The first-order chi connectivity index (χ1) is 11.0. The minimum Gasteiger partial charge on any atom is -0.349 e. The lowest BCUT2D eigenvalue weighted by molar-refractivity contribution is -0.121. The van der Waals surface area contributed by atoms with E-state index in [-0.39, 0.29) is 11.9 Å². The summed E-state index contributed by atoms with van der Waals surface area (Å²) in [6.07, 6.45) is 1.94. The third kappa shape index (κ3) is 5.26. The third-order valence-corrected chi connectivity index (χ3v) is 4.59. The summed E-state index contributed by atoms with van der Waals surface area (Å²) in [4.78, 5) is 12.2. The van der Waals surface area contributed by atoms with Crippen molar-refractivity contribution < 1.29 is 4.79 Å². The summed E-state index contributed by atoms with van der Waals surface area (Å²) >= 11 is 11.9. The average Bonchev–Trinajstić information content (AvgIpc) is 2.54. The van der Waals surface area contributed by atoms with Crippen LogP contribution < -0.4 is 5.32 Å².